The molecule has 0 aliphatic heterocycles. The Morgan fingerprint density at radius 1 is 1.29 bits per heavy atom. The Balaban J connectivity index is 0.000000364. The Hall–Kier alpha value is -0.810. The van der Waals surface area contributed by atoms with Gasteiger partial charge in [-0.25, -0.2) is 4.39 Å². The molecule has 0 saturated heterocycles. The summed E-state index contributed by atoms with van der Waals surface area (Å²) in [5, 5.41) is 0.516. The summed E-state index contributed by atoms with van der Waals surface area (Å²) in [6, 6.07) is 4.33. The average molecular weight is 230 g/mol. The lowest BCUT2D eigenvalue weighted by Crippen LogP contribution is -1.98. The van der Waals surface area contributed by atoms with E-state index < -0.39 is 6.68 Å². The molecule has 2 N–H and O–H groups in total. The molecule has 0 saturated carbocycles. The van der Waals surface area contributed by atoms with Crippen molar-refractivity contribution >= 4 is 11.6 Å². The second kappa shape index (κ2) is 6.62. The fourth-order valence-electron chi connectivity index (χ4n) is 0.700. The Morgan fingerprint density at radius 3 is 2.14 bits per heavy atom. The lowest BCUT2D eigenvalue weighted by Gasteiger charge is -1.97. The van der Waals surface area contributed by atoms with Crippen molar-refractivity contribution in [1.29, 1.82) is 0 Å². The minimum Gasteiger partial charge on any atom is -0.326 e. The van der Waals surface area contributed by atoms with Crippen molar-refractivity contribution in [2.45, 2.75) is 13.2 Å². The zero-order valence-corrected chi connectivity index (χ0v) is 7.74. The molecule has 1 nitrogen and oxygen atoms in total. The topological polar surface area (TPSA) is 26.0 Å². The van der Waals surface area contributed by atoms with E-state index in [9.17, 15) is 17.6 Å². The summed E-state index contributed by atoms with van der Waals surface area (Å²) < 4.78 is 41.6. The van der Waals surface area contributed by atoms with Gasteiger partial charge in [-0.15, -0.1) is 0 Å². The lowest BCUT2D eigenvalue weighted by molar-refractivity contribution is 0.00819. The molecule has 0 heterocycles. The maximum Gasteiger partial charge on any atom is 0.379 e. The van der Waals surface area contributed by atoms with Crippen LogP contribution in [0.15, 0.2) is 18.2 Å². The van der Waals surface area contributed by atoms with E-state index >= 15 is 0 Å². The number of hydrogen-bond acceptors (Lipinski definition) is 1. The molecule has 1 aromatic rings. The molecule has 1 aromatic carbocycles. The SMILES string of the molecule is FC(F)F.NCc1cc(Cl)ccc1F. The van der Waals surface area contributed by atoms with Crippen LogP contribution in [0.4, 0.5) is 17.6 Å². The maximum atomic E-state index is 12.6. The van der Waals surface area contributed by atoms with E-state index in [1.54, 1.807) is 0 Å². The molecule has 80 valence electrons. The lowest BCUT2D eigenvalue weighted by atomic mass is 10.2. The molecule has 0 spiro atoms. The van der Waals surface area contributed by atoms with Crippen molar-refractivity contribution in [1.82, 2.24) is 0 Å². The van der Waals surface area contributed by atoms with Crippen LogP contribution < -0.4 is 5.73 Å². The van der Waals surface area contributed by atoms with Crippen LogP contribution in [0.2, 0.25) is 5.02 Å². The normalized spacial score (nSPS) is 9.64. The van der Waals surface area contributed by atoms with Crippen LogP contribution in [0.1, 0.15) is 5.56 Å². The zero-order valence-electron chi connectivity index (χ0n) is 6.98. The molecule has 14 heavy (non-hydrogen) atoms. The van der Waals surface area contributed by atoms with E-state index in [2.05, 4.69) is 0 Å². The summed E-state index contributed by atoms with van der Waals surface area (Å²) in [6.07, 6.45) is 0. The van der Waals surface area contributed by atoms with Crippen molar-refractivity contribution in [3.63, 3.8) is 0 Å². The largest absolute Gasteiger partial charge is 0.379 e. The third-order valence-corrected chi connectivity index (χ3v) is 1.46. The fraction of sp³-hybridized carbons (Fsp3) is 0.250. The van der Waals surface area contributed by atoms with Crippen LogP contribution in [0.25, 0.3) is 0 Å². The van der Waals surface area contributed by atoms with Gasteiger partial charge in [-0.3, -0.25) is 0 Å². The van der Waals surface area contributed by atoms with Crippen LogP contribution in [-0.4, -0.2) is 6.68 Å². The Labute approximate surface area is 83.5 Å². The maximum absolute atomic E-state index is 12.6. The second-order valence-electron chi connectivity index (χ2n) is 2.19. The van der Waals surface area contributed by atoms with Gasteiger partial charge in [0.1, 0.15) is 5.82 Å². The van der Waals surface area contributed by atoms with Gasteiger partial charge in [-0.1, -0.05) is 11.6 Å². The first-order chi connectivity index (χ1) is 6.47. The van der Waals surface area contributed by atoms with E-state index in [4.69, 9.17) is 17.3 Å². The quantitative estimate of drug-likeness (QED) is 0.736. The van der Waals surface area contributed by atoms with Crippen LogP contribution in [-0.2, 0) is 6.54 Å². The molecule has 0 amide bonds. The van der Waals surface area contributed by atoms with Gasteiger partial charge in [-0.05, 0) is 18.2 Å². The molecular weight excluding hydrogens is 222 g/mol. The molecular formula is C8H8ClF4N. The Morgan fingerprint density at radius 2 is 1.79 bits per heavy atom. The summed E-state index contributed by atoms with van der Waals surface area (Å²) in [4.78, 5) is 0. The predicted octanol–water partition coefficient (Wildman–Crippen LogP) is 3.12. The number of benzene rings is 1. The van der Waals surface area contributed by atoms with Gasteiger partial charge in [0.2, 0.25) is 0 Å². The molecule has 0 unspecified atom stereocenters. The number of alkyl halides is 3. The van der Waals surface area contributed by atoms with E-state index in [1.807, 2.05) is 0 Å². The number of halogens is 5. The molecule has 0 aromatic heterocycles. The van der Waals surface area contributed by atoms with Crippen molar-refractivity contribution in [3.05, 3.63) is 34.6 Å². The van der Waals surface area contributed by atoms with Crippen LogP contribution >= 0.6 is 11.6 Å². The van der Waals surface area contributed by atoms with Crippen molar-refractivity contribution in [2.24, 2.45) is 5.73 Å². The molecule has 0 radical (unpaired) electrons. The van der Waals surface area contributed by atoms with Crippen molar-refractivity contribution in [3.8, 4) is 0 Å². The minimum absolute atomic E-state index is 0.187. The first-order valence-electron chi connectivity index (χ1n) is 3.53. The first kappa shape index (κ1) is 13.2. The fourth-order valence-corrected chi connectivity index (χ4v) is 0.894. The molecule has 0 atom stereocenters. The van der Waals surface area contributed by atoms with Crippen molar-refractivity contribution in [2.75, 3.05) is 0 Å². The van der Waals surface area contributed by atoms with Crippen LogP contribution in [0.3, 0.4) is 0 Å². The monoisotopic (exact) mass is 229 g/mol. The average Bonchev–Trinajstić information content (AvgIpc) is 2.08. The summed E-state index contributed by atoms with van der Waals surface area (Å²) in [6.45, 7) is -3.48. The minimum atomic E-state index is -3.67. The molecule has 1 rings (SSSR count). The van der Waals surface area contributed by atoms with Gasteiger partial charge in [0.25, 0.3) is 0 Å². The molecule has 6 heteroatoms. The third-order valence-electron chi connectivity index (χ3n) is 1.23. The molecule has 0 aliphatic rings. The standard InChI is InChI=1S/C7H7ClFN.CHF3/c8-6-1-2-7(9)5(3-6)4-10;2-1(3)4/h1-3H,4,10H2;1H. The third kappa shape index (κ3) is 5.77. The highest BCUT2D eigenvalue weighted by Crippen LogP contribution is 2.13. The number of nitrogens with two attached hydrogens (primary N) is 1. The highest BCUT2D eigenvalue weighted by molar-refractivity contribution is 6.30. The number of rotatable bonds is 1. The summed E-state index contributed by atoms with van der Waals surface area (Å²) >= 11 is 5.57. The van der Waals surface area contributed by atoms with Crippen LogP contribution in [0.5, 0.6) is 0 Å². The van der Waals surface area contributed by atoms with Gasteiger partial charge in [0.05, 0.1) is 0 Å². The van der Waals surface area contributed by atoms with E-state index in [-0.39, 0.29) is 12.4 Å². The van der Waals surface area contributed by atoms with E-state index in [1.165, 1.54) is 18.2 Å². The van der Waals surface area contributed by atoms with Crippen LogP contribution in [0, 0.1) is 5.82 Å². The summed E-state index contributed by atoms with van der Waals surface area (Å²) in [5.41, 5.74) is 5.67. The second-order valence-corrected chi connectivity index (χ2v) is 2.62. The van der Waals surface area contributed by atoms with Gasteiger partial charge >= 0.3 is 6.68 Å². The highest BCUT2D eigenvalue weighted by Gasteiger charge is 1.98. The Bertz CT molecular complexity index is 277. The summed E-state index contributed by atoms with van der Waals surface area (Å²) in [5.74, 6) is -0.299. The highest BCUT2D eigenvalue weighted by atomic mass is 35.5. The van der Waals surface area contributed by atoms with E-state index in [0.29, 0.717) is 10.6 Å². The van der Waals surface area contributed by atoms with Gasteiger partial charge in [0.15, 0.2) is 0 Å². The molecule has 0 fully saturated rings. The molecule has 0 bridgehead atoms. The zero-order chi connectivity index (χ0) is 11.1. The van der Waals surface area contributed by atoms with Crippen molar-refractivity contribution < 1.29 is 17.6 Å². The smallest absolute Gasteiger partial charge is 0.326 e. The Kier molecular flexibility index (Phi) is 6.23. The van der Waals surface area contributed by atoms with Gasteiger partial charge in [-0.2, -0.15) is 13.2 Å². The first-order valence-corrected chi connectivity index (χ1v) is 3.91. The van der Waals surface area contributed by atoms with Gasteiger partial charge < -0.3 is 5.73 Å². The summed E-state index contributed by atoms with van der Waals surface area (Å²) in [7, 11) is 0. The van der Waals surface area contributed by atoms with E-state index in [0.717, 1.165) is 0 Å². The molecule has 0 aliphatic carbocycles. The van der Waals surface area contributed by atoms with Gasteiger partial charge in [0, 0.05) is 17.1 Å². The predicted molar refractivity (Wildman–Crippen MR) is 46.4 cm³/mol. The number of hydrogen-bond donors (Lipinski definition) is 1.